The van der Waals surface area contributed by atoms with Crippen LogP contribution in [0.25, 0.3) is 0 Å². The average Bonchev–Trinajstić information content (AvgIpc) is 3.58. The van der Waals surface area contributed by atoms with Crippen LogP contribution in [0.2, 0.25) is 10.0 Å². The van der Waals surface area contributed by atoms with Crippen LogP contribution in [0, 0.1) is 16.7 Å². The summed E-state index contributed by atoms with van der Waals surface area (Å²) in [6.07, 6.45) is 5.20. The summed E-state index contributed by atoms with van der Waals surface area (Å²) < 4.78 is 0. The summed E-state index contributed by atoms with van der Waals surface area (Å²) in [4.78, 5) is 34.9. The summed E-state index contributed by atoms with van der Waals surface area (Å²) in [5.74, 6) is 0.818. The normalized spacial score (nSPS) is 22.5. The molecule has 3 aliphatic rings. The standard InChI is InChI=1S/C34H45Cl2N7O2/c1-32(2,3)14-13-27(21-7-9-22(10-8-21)30(44)37-20-28-39-41-42-40-28)43-31(45)29(23-17-25(35)19-26(36)18-23)38-34(43)15-11-24(12-16-34)33(4,5)6/h7-10,17-19,24,27,41-42H,11-16,20H2,1-6H3,(H,37,44)(H,39,40). The molecule has 0 aromatic heterocycles. The predicted molar refractivity (Wildman–Crippen MR) is 181 cm³/mol. The lowest BCUT2D eigenvalue weighted by Gasteiger charge is -2.47. The number of carbonyl (C=O) groups is 2. The van der Waals surface area contributed by atoms with Gasteiger partial charge in [-0.2, -0.15) is 0 Å². The van der Waals surface area contributed by atoms with Gasteiger partial charge >= 0.3 is 0 Å². The van der Waals surface area contributed by atoms with Crippen LogP contribution in [0.1, 0.15) is 108 Å². The van der Waals surface area contributed by atoms with E-state index in [2.05, 4.69) is 73.4 Å². The van der Waals surface area contributed by atoms with Crippen molar-refractivity contribution in [2.24, 2.45) is 26.8 Å². The van der Waals surface area contributed by atoms with E-state index in [9.17, 15) is 9.59 Å². The van der Waals surface area contributed by atoms with Gasteiger partial charge in [0.25, 0.3) is 11.8 Å². The van der Waals surface area contributed by atoms with Gasteiger partial charge in [-0.3, -0.25) is 20.0 Å². The zero-order chi connectivity index (χ0) is 32.6. The molecule has 2 aliphatic heterocycles. The molecule has 5 rings (SSSR count). The first-order valence-corrected chi connectivity index (χ1v) is 16.5. The highest BCUT2D eigenvalue weighted by Crippen LogP contribution is 2.50. The largest absolute Gasteiger partial charge is 0.345 e. The van der Waals surface area contributed by atoms with Crippen molar-refractivity contribution in [1.82, 2.24) is 26.7 Å². The summed E-state index contributed by atoms with van der Waals surface area (Å²) in [6.45, 7) is 13.8. The van der Waals surface area contributed by atoms with Gasteiger partial charge in [0.2, 0.25) is 0 Å². The van der Waals surface area contributed by atoms with Crippen molar-refractivity contribution < 1.29 is 9.59 Å². The monoisotopic (exact) mass is 653 g/mol. The number of hydrogen-bond donors (Lipinski definition) is 4. The Labute approximate surface area is 276 Å². The van der Waals surface area contributed by atoms with Crippen molar-refractivity contribution in [1.29, 1.82) is 0 Å². The number of hydrazine groups is 2. The van der Waals surface area contributed by atoms with Gasteiger partial charge in [-0.15, -0.1) is 10.6 Å². The Hall–Kier alpha value is -3.14. The Morgan fingerprint density at radius 3 is 2.24 bits per heavy atom. The second-order valence-corrected chi connectivity index (χ2v) is 15.6. The molecule has 1 fully saturated rings. The van der Waals surface area contributed by atoms with Gasteiger partial charge in [-0.1, -0.05) is 76.9 Å². The number of hydrazone groups is 1. The Balaban J connectivity index is 1.50. The van der Waals surface area contributed by atoms with E-state index < -0.39 is 5.66 Å². The minimum atomic E-state index is -0.668. The van der Waals surface area contributed by atoms with Gasteiger partial charge in [0.1, 0.15) is 11.4 Å². The number of hydrogen-bond acceptors (Lipinski definition) is 7. The van der Waals surface area contributed by atoms with Gasteiger partial charge in [-0.05, 0) is 91.2 Å². The molecule has 0 radical (unpaired) electrons. The van der Waals surface area contributed by atoms with Crippen LogP contribution in [-0.2, 0) is 4.79 Å². The predicted octanol–water partition coefficient (Wildman–Crippen LogP) is 6.78. The molecule has 11 heteroatoms. The van der Waals surface area contributed by atoms with E-state index >= 15 is 0 Å². The summed E-state index contributed by atoms with van der Waals surface area (Å²) >= 11 is 12.8. The van der Waals surface area contributed by atoms with E-state index in [1.807, 2.05) is 24.3 Å². The molecule has 0 saturated heterocycles. The number of halogens is 2. The third kappa shape index (κ3) is 7.64. The van der Waals surface area contributed by atoms with Crippen molar-refractivity contribution in [3.05, 3.63) is 69.2 Å². The van der Waals surface area contributed by atoms with Crippen LogP contribution < -0.4 is 21.8 Å². The van der Waals surface area contributed by atoms with Crippen LogP contribution >= 0.6 is 23.2 Å². The Morgan fingerprint density at radius 1 is 1.04 bits per heavy atom. The van der Waals surface area contributed by atoms with Gasteiger partial charge in [0, 0.05) is 21.2 Å². The van der Waals surface area contributed by atoms with E-state index in [0.29, 0.717) is 38.6 Å². The third-order valence-corrected chi connectivity index (χ3v) is 9.68. The minimum absolute atomic E-state index is 0.0583. The summed E-state index contributed by atoms with van der Waals surface area (Å²) in [7, 11) is 0. The van der Waals surface area contributed by atoms with E-state index in [1.54, 1.807) is 18.2 Å². The average molecular weight is 655 g/mol. The van der Waals surface area contributed by atoms with Crippen LogP contribution in [-0.4, -0.2) is 40.5 Å². The molecule has 2 amide bonds. The molecule has 1 saturated carbocycles. The molecule has 1 spiro atoms. The molecule has 242 valence electrons. The lowest BCUT2D eigenvalue weighted by Crippen LogP contribution is -2.51. The Morgan fingerprint density at radius 2 is 1.69 bits per heavy atom. The molecule has 1 unspecified atom stereocenters. The van der Waals surface area contributed by atoms with Gasteiger partial charge < -0.3 is 10.2 Å². The molecule has 9 nitrogen and oxygen atoms in total. The molecular weight excluding hydrogens is 609 g/mol. The molecule has 2 aromatic rings. The molecular formula is C34H45Cl2N7O2. The lowest BCUT2D eigenvalue weighted by atomic mass is 9.69. The molecule has 4 N–H and O–H groups in total. The van der Waals surface area contributed by atoms with Crippen molar-refractivity contribution in [3.63, 3.8) is 0 Å². The van der Waals surface area contributed by atoms with E-state index in [0.717, 1.165) is 44.1 Å². The number of aliphatic imine (C=N–C) groups is 1. The number of benzene rings is 2. The van der Waals surface area contributed by atoms with Crippen LogP contribution in [0.5, 0.6) is 0 Å². The molecule has 45 heavy (non-hydrogen) atoms. The van der Waals surface area contributed by atoms with Gasteiger partial charge in [0.15, 0.2) is 5.84 Å². The zero-order valence-electron chi connectivity index (χ0n) is 27.1. The first-order valence-electron chi connectivity index (χ1n) is 15.8. The van der Waals surface area contributed by atoms with Crippen LogP contribution in [0.4, 0.5) is 0 Å². The Kier molecular flexibility index (Phi) is 9.55. The van der Waals surface area contributed by atoms with E-state index in [1.165, 1.54) is 0 Å². The minimum Gasteiger partial charge on any atom is -0.345 e. The molecule has 2 aromatic carbocycles. The molecule has 1 aliphatic carbocycles. The smallest absolute Gasteiger partial charge is 0.275 e. The molecule has 1 atom stereocenters. The number of nitrogens with zero attached hydrogens (tertiary/aromatic N) is 3. The number of amides is 2. The highest BCUT2D eigenvalue weighted by molar-refractivity contribution is 6.47. The fraction of sp³-hybridized carbons (Fsp3) is 0.529. The van der Waals surface area contributed by atoms with Crippen molar-refractivity contribution in [3.8, 4) is 0 Å². The number of carbonyl (C=O) groups excluding carboxylic acids is 2. The number of amidine groups is 1. The maximum Gasteiger partial charge on any atom is 0.275 e. The summed E-state index contributed by atoms with van der Waals surface area (Å²) in [5.41, 5.74) is 10.2. The summed E-state index contributed by atoms with van der Waals surface area (Å²) in [5, 5.41) is 7.81. The summed E-state index contributed by atoms with van der Waals surface area (Å²) in [6, 6.07) is 12.6. The first-order chi connectivity index (χ1) is 21.1. The van der Waals surface area contributed by atoms with Gasteiger partial charge in [0.05, 0.1) is 12.6 Å². The van der Waals surface area contributed by atoms with Crippen molar-refractivity contribution >= 4 is 46.6 Å². The fourth-order valence-corrected chi connectivity index (χ4v) is 7.19. The van der Waals surface area contributed by atoms with Crippen LogP contribution in [0.3, 0.4) is 0 Å². The maximum absolute atomic E-state index is 14.6. The number of nitrogens with one attached hydrogen (secondary N) is 4. The van der Waals surface area contributed by atoms with E-state index in [-0.39, 0.29) is 35.2 Å². The number of rotatable bonds is 8. The second-order valence-electron chi connectivity index (χ2n) is 14.8. The molecule has 2 heterocycles. The SMILES string of the molecule is CC(C)(C)CCC(c1ccc(C(=O)NCC2=NNNN2)cc1)N1C(=O)C(c2cc(Cl)cc(Cl)c2)=NC12CCC(C(C)(C)C)CC2. The third-order valence-electron chi connectivity index (χ3n) is 9.24. The quantitative estimate of drug-likeness (QED) is 0.251. The van der Waals surface area contributed by atoms with Crippen molar-refractivity contribution in [2.45, 2.75) is 91.8 Å². The zero-order valence-corrected chi connectivity index (χ0v) is 28.6. The highest BCUT2D eigenvalue weighted by Gasteiger charge is 2.52. The highest BCUT2D eigenvalue weighted by atomic mass is 35.5. The Bertz CT molecular complexity index is 1460. The van der Waals surface area contributed by atoms with E-state index in [4.69, 9.17) is 28.2 Å². The first kappa shape index (κ1) is 33.2. The van der Waals surface area contributed by atoms with Crippen LogP contribution in [0.15, 0.2) is 52.6 Å². The lowest BCUT2D eigenvalue weighted by molar-refractivity contribution is -0.134. The maximum atomic E-state index is 14.6. The molecule has 0 bridgehead atoms. The van der Waals surface area contributed by atoms with Crippen molar-refractivity contribution in [2.75, 3.05) is 6.54 Å². The fourth-order valence-electron chi connectivity index (χ4n) is 6.67. The van der Waals surface area contributed by atoms with Gasteiger partial charge in [-0.25, -0.2) is 5.53 Å². The second kappa shape index (κ2) is 12.9. The topological polar surface area (TPSA) is 110 Å².